The molecule has 1 heterocycles. The van der Waals surface area contributed by atoms with Gasteiger partial charge in [0.15, 0.2) is 0 Å². The molecule has 1 aliphatic carbocycles. The molecule has 0 radical (unpaired) electrons. The third kappa shape index (κ3) is 3.00. The van der Waals surface area contributed by atoms with Crippen LogP contribution < -0.4 is 5.32 Å². The lowest BCUT2D eigenvalue weighted by Gasteiger charge is -2.14. The zero-order valence-corrected chi connectivity index (χ0v) is 13.2. The molecule has 0 bridgehead atoms. The smallest absolute Gasteiger partial charge is 0.346 e. The molecule has 2 N–H and O–H groups in total. The van der Waals surface area contributed by atoms with Crippen LogP contribution in [0.1, 0.15) is 43.5 Å². The Kier molecular flexibility index (Phi) is 3.85. The number of carbonyl (C=O) groups is 1. The van der Waals surface area contributed by atoms with Crippen LogP contribution in [0.4, 0.5) is 13.2 Å². The molecule has 5 nitrogen and oxygen atoms in total. The number of aromatic nitrogens is 3. The molecule has 1 saturated carbocycles. The number of nitrogens with zero attached hydrogens (tertiary/aromatic N) is 2. The van der Waals surface area contributed by atoms with E-state index in [0.717, 1.165) is 5.56 Å². The summed E-state index contributed by atoms with van der Waals surface area (Å²) < 4.78 is 37.6. The average Bonchev–Trinajstić information content (AvgIpc) is 2.98. The number of rotatable bonds is 4. The van der Waals surface area contributed by atoms with Crippen LogP contribution in [-0.2, 0) is 16.4 Å². The van der Waals surface area contributed by atoms with Crippen LogP contribution >= 0.6 is 0 Å². The van der Waals surface area contributed by atoms with E-state index in [1.807, 2.05) is 37.3 Å². The molecule has 1 aromatic carbocycles. The van der Waals surface area contributed by atoms with Crippen LogP contribution in [0.3, 0.4) is 0 Å². The van der Waals surface area contributed by atoms with Gasteiger partial charge < -0.3 is 5.32 Å². The Morgan fingerprint density at radius 3 is 2.62 bits per heavy atom. The third-order valence-electron chi connectivity index (χ3n) is 4.51. The van der Waals surface area contributed by atoms with Crippen LogP contribution in [0.15, 0.2) is 30.3 Å². The molecule has 1 fully saturated rings. The lowest BCUT2D eigenvalue weighted by atomic mass is 9.95. The number of carbonyl (C=O) groups excluding carboxylic acids is 1. The van der Waals surface area contributed by atoms with Crippen molar-refractivity contribution < 1.29 is 18.0 Å². The first-order chi connectivity index (χ1) is 11.2. The van der Waals surface area contributed by atoms with Crippen molar-refractivity contribution in [3.05, 3.63) is 47.5 Å². The first kappa shape index (κ1) is 16.5. The molecule has 1 aromatic heterocycles. The monoisotopic (exact) mass is 338 g/mol. The quantitative estimate of drug-likeness (QED) is 0.900. The van der Waals surface area contributed by atoms with Gasteiger partial charge in [0.1, 0.15) is 5.82 Å². The minimum absolute atomic E-state index is 0.0160. The van der Waals surface area contributed by atoms with E-state index in [1.165, 1.54) is 0 Å². The second-order valence-electron chi connectivity index (χ2n) is 6.31. The zero-order chi connectivity index (χ0) is 17.5. The average molecular weight is 338 g/mol. The van der Waals surface area contributed by atoms with E-state index < -0.39 is 18.0 Å². The van der Waals surface area contributed by atoms with Gasteiger partial charge in [-0.15, -0.1) is 5.10 Å². The Morgan fingerprint density at radius 2 is 2.04 bits per heavy atom. The van der Waals surface area contributed by atoms with Gasteiger partial charge in [-0.05, 0) is 18.9 Å². The van der Waals surface area contributed by atoms with Gasteiger partial charge in [0, 0.05) is 11.3 Å². The van der Waals surface area contributed by atoms with Gasteiger partial charge in [-0.2, -0.15) is 13.2 Å². The molecular weight excluding hydrogens is 321 g/mol. The highest BCUT2D eigenvalue weighted by Gasteiger charge is 2.55. The number of nitrogens with one attached hydrogen (secondary N) is 2. The molecule has 2 aromatic rings. The fourth-order valence-electron chi connectivity index (χ4n) is 2.86. The maximum atomic E-state index is 12.5. The van der Waals surface area contributed by atoms with E-state index >= 15 is 0 Å². The molecular formula is C16H17F3N4O. The van der Waals surface area contributed by atoms with E-state index in [4.69, 9.17) is 0 Å². The maximum Gasteiger partial charge on any atom is 0.453 e. The number of aromatic amines is 1. The van der Waals surface area contributed by atoms with E-state index in [1.54, 1.807) is 6.92 Å². The standard InChI is InChI=1S/C16H17F3N4O/c1-9(12-21-14(23-22-12)16(17,18)19)20-13(24)11-8-15(11,2)10-6-4-3-5-7-10/h3-7,9,11H,8H2,1-2H3,(H,20,24)(H,21,22,23)/t9?,11-,15+/m0/s1. The van der Waals surface area contributed by atoms with Crippen molar-refractivity contribution in [3.8, 4) is 0 Å². The molecule has 1 unspecified atom stereocenters. The molecule has 3 rings (SSSR count). The minimum Gasteiger partial charge on any atom is -0.346 e. The second-order valence-corrected chi connectivity index (χ2v) is 6.31. The predicted octanol–water partition coefficient (Wildman–Crippen LogP) is 2.98. The van der Waals surface area contributed by atoms with Crippen molar-refractivity contribution in [2.75, 3.05) is 0 Å². The fraction of sp³-hybridized carbons (Fsp3) is 0.438. The number of benzene rings is 1. The number of amides is 1. The topological polar surface area (TPSA) is 70.7 Å². The zero-order valence-electron chi connectivity index (χ0n) is 13.2. The van der Waals surface area contributed by atoms with Gasteiger partial charge in [-0.3, -0.25) is 9.89 Å². The molecule has 128 valence electrons. The Labute approximate surface area is 136 Å². The Balaban J connectivity index is 1.65. The third-order valence-corrected chi connectivity index (χ3v) is 4.51. The summed E-state index contributed by atoms with van der Waals surface area (Å²) in [6.45, 7) is 3.58. The van der Waals surface area contributed by atoms with Crippen molar-refractivity contribution in [3.63, 3.8) is 0 Å². The Hall–Kier alpha value is -2.38. The Bertz CT molecular complexity index is 743. The molecule has 0 saturated heterocycles. The molecule has 0 aliphatic heterocycles. The summed E-state index contributed by atoms with van der Waals surface area (Å²) in [7, 11) is 0. The van der Waals surface area contributed by atoms with Crippen molar-refractivity contribution >= 4 is 5.91 Å². The highest BCUT2D eigenvalue weighted by molar-refractivity contribution is 5.84. The van der Waals surface area contributed by atoms with Gasteiger partial charge in [-0.1, -0.05) is 37.3 Å². The highest BCUT2D eigenvalue weighted by atomic mass is 19.4. The van der Waals surface area contributed by atoms with Crippen molar-refractivity contribution in [1.29, 1.82) is 0 Å². The van der Waals surface area contributed by atoms with Gasteiger partial charge in [-0.25, -0.2) is 4.98 Å². The van der Waals surface area contributed by atoms with Crippen LogP contribution in [0, 0.1) is 5.92 Å². The van der Waals surface area contributed by atoms with Gasteiger partial charge >= 0.3 is 6.18 Å². The summed E-state index contributed by atoms with van der Waals surface area (Å²) in [5, 5.41) is 8.08. The number of hydrogen-bond donors (Lipinski definition) is 2. The SMILES string of the molecule is CC(NC(=O)[C@@H]1C[C@]1(C)c1ccccc1)c1nc(C(F)(F)F)n[nH]1. The largest absolute Gasteiger partial charge is 0.453 e. The first-order valence-corrected chi connectivity index (χ1v) is 7.57. The van der Waals surface area contributed by atoms with Crippen molar-refractivity contribution in [2.45, 2.75) is 37.9 Å². The van der Waals surface area contributed by atoms with E-state index in [9.17, 15) is 18.0 Å². The fourth-order valence-corrected chi connectivity index (χ4v) is 2.86. The lowest BCUT2D eigenvalue weighted by Crippen LogP contribution is -2.31. The summed E-state index contributed by atoms with van der Waals surface area (Å²) in [6, 6.07) is 9.02. The van der Waals surface area contributed by atoms with Crippen LogP contribution in [0.2, 0.25) is 0 Å². The molecule has 0 spiro atoms. The molecule has 1 aliphatic rings. The van der Waals surface area contributed by atoms with Gasteiger partial charge in [0.05, 0.1) is 6.04 Å². The van der Waals surface area contributed by atoms with Gasteiger partial charge in [0.25, 0.3) is 5.82 Å². The number of hydrogen-bond acceptors (Lipinski definition) is 3. The van der Waals surface area contributed by atoms with E-state index in [2.05, 4.69) is 20.5 Å². The summed E-state index contributed by atoms with van der Waals surface area (Å²) in [6.07, 6.45) is -3.90. The van der Waals surface area contributed by atoms with Crippen LogP contribution in [0.5, 0.6) is 0 Å². The maximum absolute atomic E-state index is 12.5. The highest BCUT2D eigenvalue weighted by Crippen LogP contribution is 2.54. The van der Waals surface area contributed by atoms with Gasteiger partial charge in [0.2, 0.25) is 5.91 Å². The number of H-pyrrole nitrogens is 1. The lowest BCUT2D eigenvalue weighted by molar-refractivity contribution is -0.144. The summed E-state index contributed by atoms with van der Waals surface area (Å²) in [4.78, 5) is 15.8. The van der Waals surface area contributed by atoms with Crippen molar-refractivity contribution in [1.82, 2.24) is 20.5 Å². The first-order valence-electron chi connectivity index (χ1n) is 7.57. The molecule has 24 heavy (non-hydrogen) atoms. The molecule has 1 amide bonds. The Morgan fingerprint density at radius 1 is 1.38 bits per heavy atom. The predicted molar refractivity (Wildman–Crippen MR) is 79.8 cm³/mol. The summed E-state index contributed by atoms with van der Waals surface area (Å²) >= 11 is 0. The second kappa shape index (κ2) is 5.61. The minimum atomic E-state index is -4.61. The normalized spacial score (nSPS) is 24.5. The molecule has 3 atom stereocenters. The van der Waals surface area contributed by atoms with Crippen LogP contribution in [-0.4, -0.2) is 21.1 Å². The number of halogens is 3. The van der Waals surface area contributed by atoms with Crippen LogP contribution in [0.25, 0.3) is 0 Å². The van der Waals surface area contributed by atoms with E-state index in [0.29, 0.717) is 6.42 Å². The summed E-state index contributed by atoms with van der Waals surface area (Å²) in [5.41, 5.74) is 0.848. The van der Waals surface area contributed by atoms with E-state index in [-0.39, 0.29) is 23.1 Å². The number of alkyl halides is 3. The molecule has 8 heteroatoms. The summed E-state index contributed by atoms with van der Waals surface area (Å²) in [5.74, 6) is -1.65. The van der Waals surface area contributed by atoms with Crippen molar-refractivity contribution in [2.24, 2.45) is 5.92 Å².